The van der Waals surface area contributed by atoms with Gasteiger partial charge in [-0.1, -0.05) is 43.0 Å². The first-order valence-electron chi connectivity index (χ1n) is 6.82. The van der Waals surface area contributed by atoms with E-state index in [-0.39, 0.29) is 16.8 Å². The second kappa shape index (κ2) is 6.53. The van der Waals surface area contributed by atoms with E-state index in [9.17, 15) is 4.39 Å². The Morgan fingerprint density at radius 1 is 1.33 bits per heavy atom. The Bertz CT molecular complexity index is 388. The van der Waals surface area contributed by atoms with E-state index in [0.717, 1.165) is 12.1 Å². The molecule has 0 heterocycles. The van der Waals surface area contributed by atoms with Crippen LogP contribution in [0.1, 0.15) is 43.6 Å². The van der Waals surface area contributed by atoms with Crippen molar-refractivity contribution in [2.45, 2.75) is 38.0 Å². The van der Waals surface area contributed by atoms with E-state index >= 15 is 0 Å². The van der Waals surface area contributed by atoms with Crippen LogP contribution in [0.3, 0.4) is 0 Å². The number of halogens is 2. The standard InChI is InChI=1S/C15H21ClFN/c1-18-10-13(11-6-3-2-4-7-11)12-8-5-9-14(16)15(12)17/h5,8-9,11,13,18H,2-4,6-7,10H2,1H3. The molecule has 0 saturated heterocycles. The third kappa shape index (κ3) is 3.04. The number of benzene rings is 1. The summed E-state index contributed by atoms with van der Waals surface area (Å²) >= 11 is 5.90. The zero-order valence-corrected chi connectivity index (χ0v) is 11.6. The largest absolute Gasteiger partial charge is 0.319 e. The molecular weight excluding hydrogens is 249 g/mol. The van der Waals surface area contributed by atoms with Gasteiger partial charge in [0.2, 0.25) is 0 Å². The highest BCUT2D eigenvalue weighted by Gasteiger charge is 2.27. The molecule has 1 nitrogen and oxygen atoms in total. The maximum atomic E-state index is 14.2. The second-order valence-corrected chi connectivity index (χ2v) is 5.61. The SMILES string of the molecule is CNCC(c1cccc(Cl)c1F)C1CCCCC1. The molecular formula is C15H21ClFN. The predicted molar refractivity (Wildman–Crippen MR) is 74.7 cm³/mol. The van der Waals surface area contributed by atoms with Gasteiger partial charge >= 0.3 is 0 Å². The minimum atomic E-state index is -0.231. The Labute approximate surface area is 114 Å². The van der Waals surface area contributed by atoms with Gasteiger partial charge in [0.05, 0.1) is 5.02 Å². The molecule has 1 aliphatic carbocycles. The summed E-state index contributed by atoms with van der Waals surface area (Å²) in [6, 6.07) is 5.36. The molecule has 0 amide bonds. The van der Waals surface area contributed by atoms with E-state index in [1.807, 2.05) is 19.2 Å². The summed E-state index contributed by atoms with van der Waals surface area (Å²) < 4.78 is 14.2. The van der Waals surface area contributed by atoms with Crippen molar-refractivity contribution in [1.29, 1.82) is 0 Å². The zero-order chi connectivity index (χ0) is 13.0. The Morgan fingerprint density at radius 3 is 2.72 bits per heavy atom. The van der Waals surface area contributed by atoms with Gasteiger partial charge in [0.25, 0.3) is 0 Å². The van der Waals surface area contributed by atoms with E-state index in [2.05, 4.69) is 5.32 Å². The molecule has 3 heteroatoms. The summed E-state index contributed by atoms with van der Waals surface area (Å²) in [4.78, 5) is 0. The van der Waals surface area contributed by atoms with Gasteiger partial charge in [-0.05, 0) is 37.4 Å². The summed E-state index contributed by atoms with van der Waals surface area (Å²) in [5.74, 6) is 0.596. The monoisotopic (exact) mass is 269 g/mol. The van der Waals surface area contributed by atoms with Crippen LogP contribution in [-0.4, -0.2) is 13.6 Å². The highest BCUT2D eigenvalue weighted by Crippen LogP contribution is 2.37. The van der Waals surface area contributed by atoms with Crippen molar-refractivity contribution in [1.82, 2.24) is 5.32 Å². The lowest BCUT2D eigenvalue weighted by Crippen LogP contribution is -2.26. The van der Waals surface area contributed by atoms with E-state index in [1.54, 1.807) is 6.07 Å². The molecule has 1 aliphatic rings. The van der Waals surface area contributed by atoms with Crippen LogP contribution in [0, 0.1) is 11.7 Å². The molecule has 1 atom stereocenters. The fraction of sp³-hybridized carbons (Fsp3) is 0.600. The molecule has 1 unspecified atom stereocenters. The fourth-order valence-corrected chi connectivity index (χ4v) is 3.28. The fourth-order valence-electron chi connectivity index (χ4n) is 3.09. The lowest BCUT2D eigenvalue weighted by molar-refractivity contribution is 0.295. The zero-order valence-electron chi connectivity index (χ0n) is 10.9. The lowest BCUT2D eigenvalue weighted by atomic mass is 9.76. The van der Waals surface area contributed by atoms with Gasteiger partial charge in [-0.15, -0.1) is 0 Å². The van der Waals surface area contributed by atoms with Crippen molar-refractivity contribution in [3.05, 3.63) is 34.6 Å². The van der Waals surface area contributed by atoms with Gasteiger partial charge in [0, 0.05) is 12.5 Å². The predicted octanol–water partition coefficient (Wildman–Crippen LogP) is 4.36. The molecule has 0 spiro atoms. The molecule has 0 aliphatic heterocycles. The highest BCUT2D eigenvalue weighted by atomic mass is 35.5. The van der Waals surface area contributed by atoms with E-state index < -0.39 is 0 Å². The maximum Gasteiger partial charge on any atom is 0.145 e. The Kier molecular flexibility index (Phi) is 5.02. The summed E-state index contributed by atoms with van der Waals surface area (Å²) in [6.45, 7) is 0.821. The topological polar surface area (TPSA) is 12.0 Å². The molecule has 18 heavy (non-hydrogen) atoms. The summed E-state index contributed by atoms with van der Waals surface area (Å²) in [5, 5.41) is 3.44. The molecule has 100 valence electrons. The Balaban J connectivity index is 2.25. The minimum absolute atomic E-state index is 0.231. The van der Waals surface area contributed by atoms with Crippen LogP contribution in [-0.2, 0) is 0 Å². The van der Waals surface area contributed by atoms with Crippen LogP contribution < -0.4 is 5.32 Å². The molecule has 1 aromatic rings. The van der Waals surface area contributed by atoms with Crippen molar-refractivity contribution >= 4 is 11.6 Å². The van der Waals surface area contributed by atoms with Crippen LogP contribution in [0.15, 0.2) is 18.2 Å². The molecule has 1 N–H and O–H groups in total. The highest BCUT2D eigenvalue weighted by molar-refractivity contribution is 6.30. The maximum absolute atomic E-state index is 14.2. The second-order valence-electron chi connectivity index (χ2n) is 5.21. The first-order chi connectivity index (χ1) is 8.74. The third-order valence-corrected chi connectivity index (χ3v) is 4.32. The first kappa shape index (κ1) is 13.8. The van der Waals surface area contributed by atoms with Crippen molar-refractivity contribution in [3.8, 4) is 0 Å². The van der Waals surface area contributed by atoms with Crippen molar-refractivity contribution in [3.63, 3.8) is 0 Å². The normalized spacial score (nSPS) is 18.8. The van der Waals surface area contributed by atoms with Crippen LogP contribution >= 0.6 is 11.6 Å². The van der Waals surface area contributed by atoms with Crippen LogP contribution in [0.5, 0.6) is 0 Å². The van der Waals surface area contributed by atoms with Crippen molar-refractivity contribution < 1.29 is 4.39 Å². The molecule has 2 rings (SSSR count). The van der Waals surface area contributed by atoms with Gasteiger partial charge in [-0.2, -0.15) is 0 Å². The first-order valence-corrected chi connectivity index (χ1v) is 7.20. The number of hydrogen-bond donors (Lipinski definition) is 1. The van der Waals surface area contributed by atoms with Crippen LogP contribution in [0.25, 0.3) is 0 Å². The summed E-state index contributed by atoms with van der Waals surface area (Å²) in [7, 11) is 1.93. The van der Waals surface area contributed by atoms with E-state index in [1.165, 1.54) is 32.1 Å². The molecule has 0 radical (unpaired) electrons. The smallest absolute Gasteiger partial charge is 0.145 e. The van der Waals surface area contributed by atoms with Gasteiger partial charge in [-0.3, -0.25) is 0 Å². The Morgan fingerprint density at radius 2 is 2.06 bits per heavy atom. The van der Waals surface area contributed by atoms with Gasteiger partial charge in [0.1, 0.15) is 5.82 Å². The van der Waals surface area contributed by atoms with E-state index in [0.29, 0.717) is 5.92 Å². The van der Waals surface area contributed by atoms with Gasteiger partial charge in [-0.25, -0.2) is 4.39 Å². The number of nitrogens with one attached hydrogen (secondary N) is 1. The summed E-state index contributed by atoms with van der Waals surface area (Å²) in [6.07, 6.45) is 6.28. The molecule has 1 saturated carbocycles. The van der Waals surface area contributed by atoms with Gasteiger partial charge < -0.3 is 5.32 Å². The minimum Gasteiger partial charge on any atom is -0.319 e. The Hall–Kier alpha value is -0.600. The number of likely N-dealkylation sites (N-methyl/N-ethyl adjacent to an activating group) is 1. The average Bonchev–Trinajstić information content (AvgIpc) is 2.41. The lowest BCUT2D eigenvalue weighted by Gasteiger charge is -2.31. The molecule has 0 aromatic heterocycles. The quantitative estimate of drug-likeness (QED) is 0.856. The average molecular weight is 270 g/mol. The van der Waals surface area contributed by atoms with Crippen LogP contribution in [0.2, 0.25) is 5.02 Å². The van der Waals surface area contributed by atoms with Crippen molar-refractivity contribution in [2.75, 3.05) is 13.6 Å². The molecule has 1 fully saturated rings. The van der Waals surface area contributed by atoms with Gasteiger partial charge in [0.15, 0.2) is 0 Å². The van der Waals surface area contributed by atoms with Crippen molar-refractivity contribution in [2.24, 2.45) is 5.92 Å². The van der Waals surface area contributed by atoms with E-state index in [4.69, 9.17) is 11.6 Å². The molecule has 0 bridgehead atoms. The summed E-state index contributed by atoms with van der Waals surface area (Å²) in [5.41, 5.74) is 0.781. The number of hydrogen-bond acceptors (Lipinski definition) is 1. The van der Waals surface area contributed by atoms with Crippen LogP contribution in [0.4, 0.5) is 4.39 Å². The third-order valence-electron chi connectivity index (χ3n) is 4.02. The number of rotatable bonds is 4. The molecule has 1 aromatic carbocycles.